The molecule has 0 aliphatic carbocycles. The monoisotopic (exact) mass is 380 g/mol. The molecule has 0 saturated heterocycles. The first-order valence-corrected chi connectivity index (χ1v) is 10.5. The molecule has 2 heterocycles. The Balaban J connectivity index is 1.62. The largest absolute Gasteiger partial charge is 0.283 e. The number of pyridine rings is 1. The molecule has 132 valence electrons. The van der Waals surface area contributed by atoms with Crippen LogP contribution in [0.5, 0.6) is 0 Å². The van der Waals surface area contributed by atoms with Gasteiger partial charge in [-0.25, -0.2) is 26.1 Å². The van der Waals surface area contributed by atoms with Crippen molar-refractivity contribution in [2.75, 3.05) is 17.0 Å². The van der Waals surface area contributed by atoms with Gasteiger partial charge in [-0.15, -0.1) is 0 Å². The molecule has 0 radical (unpaired) electrons. The van der Waals surface area contributed by atoms with E-state index in [0.717, 1.165) is 5.52 Å². The summed E-state index contributed by atoms with van der Waals surface area (Å²) in [7, 11) is -7.43. The van der Waals surface area contributed by atoms with Gasteiger partial charge in [-0.2, -0.15) is 5.10 Å². The lowest BCUT2D eigenvalue weighted by atomic mass is 10.4. The first-order chi connectivity index (χ1) is 11.9. The first-order valence-electron chi connectivity index (χ1n) is 7.34. The molecule has 1 aromatic carbocycles. The quantitative estimate of drug-likeness (QED) is 0.637. The van der Waals surface area contributed by atoms with E-state index in [4.69, 9.17) is 0 Å². The summed E-state index contributed by atoms with van der Waals surface area (Å²) in [6.45, 7) is -0.235. The molecule has 2 N–H and O–H groups in total. The molecular formula is C15H16N4O4S2. The van der Waals surface area contributed by atoms with Crippen LogP contribution in [0.4, 0.5) is 5.69 Å². The average Bonchev–Trinajstić information content (AvgIpc) is 3.02. The number of nitrogens with zero attached hydrogens (tertiary/aromatic N) is 2. The molecule has 3 rings (SSSR count). The number of nitrogens with one attached hydrogen (secondary N) is 2. The molecule has 0 amide bonds. The highest BCUT2D eigenvalue weighted by molar-refractivity contribution is 7.92. The zero-order valence-electron chi connectivity index (χ0n) is 13.0. The summed E-state index contributed by atoms with van der Waals surface area (Å²) in [5.74, 6) is -0.385. The van der Waals surface area contributed by atoms with Crippen LogP contribution in [0.25, 0.3) is 5.52 Å². The van der Waals surface area contributed by atoms with Gasteiger partial charge in [0.05, 0.1) is 21.9 Å². The normalized spacial score (nSPS) is 12.3. The molecule has 10 heteroatoms. The van der Waals surface area contributed by atoms with Crippen molar-refractivity contribution in [1.29, 1.82) is 0 Å². The third kappa shape index (κ3) is 4.35. The molecule has 2 aromatic heterocycles. The van der Waals surface area contributed by atoms with E-state index >= 15 is 0 Å². The summed E-state index contributed by atoms with van der Waals surface area (Å²) in [6.07, 6.45) is 3.23. The van der Waals surface area contributed by atoms with Gasteiger partial charge in [0.15, 0.2) is 0 Å². The van der Waals surface area contributed by atoms with Gasteiger partial charge >= 0.3 is 0 Å². The Morgan fingerprint density at radius 2 is 1.76 bits per heavy atom. The topological polar surface area (TPSA) is 110 Å². The molecular weight excluding hydrogens is 364 g/mol. The van der Waals surface area contributed by atoms with E-state index in [0.29, 0.717) is 5.69 Å². The van der Waals surface area contributed by atoms with E-state index in [1.54, 1.807) is 53.3 Å². The van der Waals surface area contributed by atoms with Crippen molar-refractivity contribution in [3.63, 3.8) is 0 Å². The molecule has 0 unspecified atom stereocenters. The summed E-state index contributed by atoms with van der Waals surface area (Å²) in [5, 5.41) is 4.02. The Kier molecular flexibility index (Phi) is 4.75. The molecule has 8 nitrogen and oxygen atoms in total. The van der Waals surface area contributed by atoms with E-state index in [1.807, 2.05) is 0 Å². The van der Waals surface area contributed by atoms with Crippen molar-refractivity contribution < 1.29 is 16.8 Å². The van der Waals surface area contributed by atoms with E-state index < -0.39 is 20.0 Å². The molecule has 0 aliphatic rings. The third-order valence-electron chi connectivity index (χ3n) is 3.39. The maximum atomic E-state index is 12.1. The standard InChI is InChI=1S/C15H16N4O4S2/c20-24(21,18-13-7-10-19-14(12-13)6-8-16-19)11-9-17-25(22,23)15-4-2-1-3-5-15/h1-8,10,12,17-18H,9,11H2. The maximum Gasteiger partial charge on any atom is 0.240 e. The van der Waals surface area contributed by atoms with Crippen molar-refractivity contribution >= 4 is 31.3 Å². The minimum absolute atomic E-state index is 0.0894. The predicted octanol–water partition coefficient (Wildman–Crippen LogP) is 1.05. The van der Waals surface area contributed by atoms with Crippen LogP contribution in [0.1, 0.15) is 0 Å². The molecule has 0 saturated carbocycles. The lowest BCUT2D eigenvalue weighted by molar-refractivity contribution is 0.582. The Labute approximate surface area is 145 Å². The number of anilines is 1. The van der Waals surface area contributed by atoms with E-state index in [2.05, 4.69) is 14.5 Å². The fourth-order valence-electron chi connectivity index (χ4n) is 2.21. The Morgan fingerprint density at radius 3 is 2.52 bits per heavy atom. The smallest absolute Gasteiger partial charge is 0.240 e. The van der Waals surface area contributed by atoms with E-state index in [1.165, 1.54) is 12.1 Å². The van der Waals surface area contributed by atoms with E-state index in [-0.39, 0.29) is 17.2 Å². The number of hydrogen-bond donors (Lipinski definition) is 2. The van der Waals surface area contributed by atoms with E-state index in [9.17, 15) is 16.8 Å². The maximum absolute atomic E-state index is 12.1. The Bertz CT molecular complexity index is 1080. The van der Waals surface area contributed by atoms with Crippen LogP contribution < -0.4 is 9.44 Å². The SMILES string of the molecule is O=S(=O)(CCNS(=O)(=O)c1ccccc1)Nc1ccn2nccc2c1. The van der Waals surface area contributed by atoms with Gasteiger partial charge in [-0.3, -0.25) is 4.72 Å². The lowest BCUT2D eigenvalue weighted by Gasteiger charge is -2.10. The molecule has 25 heavy (non-hydrogen) atoms. The number of fused-ring (bicyclic) bond motifs is 1. The van der Waals surface area contributed by atoms with Crippen LogP contribution in [-0.4, -0.2) is 38.7 Å². The second kappa shape index (κ2) is 6.82. The van der Waals surface area contributed by atoms with Crippen LogP contribution in [0, 0.1) is 0 Å². The Hall–Kier alpha value is -2.43. The highest BCUT2D eigenvalue weighted by Gasteiger charge is 2.16. The van der Waals surface area contributed by atoms with Crippen LogP contribution in [-0.2, 0) is 20.0 Å². The summed E-state index contributed by atoms with van der Waals surface area (Å²) in [4.78, 5) is 0.0894. The summed E-state index contributed by atoms with van der Waals surface area (Å²) in [6, 6.07) is 12.7. The van der Waals surface area contributed by atoms with Crippen molar-refractivity contribution in [2.45, 2.75) is 4.90 Å². The van der Waals surface area contributed by atoms with Crippen molar-refractivity contribution in [1.82, 2.24) is 14.3 Å². The molecule has 0 bridgehead atoms. The van der Waals surface area contributed by atoms with Crippen LogP contribution in [0.3, 0.4) is 0 Å². The van der Waals surface area contributed by atoms with Gasteiger partial charge in [0, 0.05) is 18.9 Å². The van der Waals surface area contributed by atoms with Crippen molar-refractivity contribution in [3.05, 3.63) is 60.9 Å². The van der Waals surface area contributed by atoms with Crippen molar-refractivity contribution in [2.24, 2.45) is 0 Å². The Morgan fingerprint density at radius 1 is 1.00 bits per heavy atom. The third-order valence-corrected chi connectivity index (χ3v) is 6.15. The van der Waals surface area contributed by atoms with Gasteiger partial charge in [0.25, 0.3) is 0 Å². The first kappa shape index (κ1) is 17.4. The van der Waals surface area contributed by atoms with Crippen molar-refractivity contribution in [3.8, 4) is 0 Å². The fourth-order valence-corrected chi connectivity index (χ4v) is 4.35. The summed E-state index contributed by atoms with van der Waals surface area (Å²) in [5.41, 5.74) is 1.13. The van der Waals surface area contributed by atoms with Gasteiger partial charge in [0.1, 0.15) is 0 Å². The number of sulfonamides is 2. The second-order valence-corrected chi connectivity index (χ2v) is 8.86. The number of hydrogen-bond acceptors (Lipinski definition) is 5. The van der Waals surface area contributed by atoms with Crippen LogP contribution >= 0.6 is 0 Å². The van der Waals surface area contributed by atoms with Gasteiger partial charge in [0.2, 0.25) is 20.0 Å². The fraction of sp³-hybridized carbons (Fsp3) is 0.133. The zero-order valence-corrected chi connectivity index (χ0v) is 14.7. The van der Waals surface area contributed by atoms with Gasteiger partial charge < -0.3 is 0 Å². The zero-order chi connectivity index (χ0) is 17.9. The van der Waals surface area contributed by atoms with Gasteiger partial charge in [-0.05, 0) is 30.3 Å². The minimum atomic E-state index is -3.73. The molecule has 0 spiro atoms. The summed E-state index contributed by atoms with van der Waals surface area (Å²) >= 11 is 0. The summed E-state index contributed by atoms with van der Waals surface area (Å²) < 4.78 is 54.7. The number of aromatic nitrogens is 2. The molecule has 0 fully saturated rings. The lowest BCUT2D eigenvalue weighted by Crippen LogP contribution is -2.31. The highest BCUT2D eigenvalue weighted by Crippen LogP contribution is 2.13. The average molecular weight is 380 g/mol. The number of benzene rings is 1. The minimum Gasteiger partial charge on any atom is -0.283 e. The van der Waals surface area contributed by atoms with Gasteiger partial charge in [-0.1, -0.05) is 18.2 Å². The predicted molar refractivity (Wildman–Crippen MR) is 94.2 cm³/mol. The molecule has 3 aromatic rings. The highest BCUT2D eigenvalue weighted by atomic mass is 32.2. The van der Waals surface area contributed by atoms with Crippen LogP contribution in [0.15, 0.2) is 65.8 Å². The molecule has 0 aliphatic heterocycles. The molecule has 0 atom stereocenters. The number of rotatable bonds is 7. The second-order valence-electron chi connectivity index (χ2n) is 5.25. The van der Waals surface area contributed by atoms with Crippen LogP contribution in [0.2, 0.25) is 0 Å².